The lowest BCUT2D eigenvalue weighted by Gasteiger charge is -2.17. The number of nitrogens with one attached hydrogen (secondary N) is 2. The monoisotopic (exact) mass is 458 g/mol. The lowest BCUT2D eigenvalue weighted by Crippen LogP contribution is -2.24. The molecule has 8 nitrogen and oxygen atoms in total. The summed E-state index contributed by atoms with van der Waals surface area (Å²) in [5, 5.41) is 10.6. The van der Waals surface area contributed by atoms with Crippen LogP contribution in [0.3, 0.4) is 0 Å². The number of nitrogens with zero attached hydrogens (tertiary/aromatic N) is 6. The Hall–Kier alpha value is -2.92. The lowest BCUT2D eigenvalue weighted by atomic mass is 10.2. The van der Waals surface area contributed by atoms with Gasteiger partial charge in [0.25, 0.3) is 5.92 Å². The molecule has 168 valence electrons. The van der Waals surface area contributed by atoms with Gasteiger partial charge in [-0.25, -0.2) is 9.97 Å². The molecule has 0 bridgehead atoms. The number of halogens is 2. The highest BCUT2D eigenvalue weighted by molar-refractivity contribution is 7.10. The average molecular weight is 459 g/mol. The smallest absolute Gasteiger partial charge is 0.288 e. The zero-order valence-corrected chi connectivity index (χ0v) is 18.5. The molecule has 2 N–H and O–H groups in total. The van der Waals surface area contributed by atoms with E-state index in [1.54, 1.807) is 23.0 Å². The van der Waals surface area contributed by atoms with Crippen LogP contribution < -0.4 is 5.32 Å². The van der Waals surface area contributed by atoms with E-state index in [4.69, 9.17) is 0 Å². The Kier molecular flexibility index (Phi) is 5.60. The third-order valence-electron chi connectivity index (χ3n) is 5.62. The first-order valence-corrected chi connectivity index (χ1v) is 11.5. The average Bonchev–Trinajstić information content (AvgIpc) is 3.47. The first kappa shape index (κ1) is 21.0. The standard InChI is InChI=1S/C21H24F2N8S/c1-21(22,23)17-13-31-16(14-9-25-26-10-14)11-24-20(31)19(27-17)28-18-8-15(29-32-18)12-30-6-4-2-3-5-7-30/h8-11,13H,2-7,12H2,1H3,(H,25,26)(H,27,28). The number of anilines is 2. The number of imidazole rings is 1. The number of rotatable bonds is 6. The zero-order chi connectivity index (χ0) is 22.1. The predicted octanol–water partition coefficient (Wildman–Crippen LogP) is 4.81. The minimum Gasteiger partial charge on any atom is -0.328 e. The predicted molar refractivity (Wildman–Crippen MR) is 119 cm³/mol. The maximum absolute atomic E-state index is 14.2. The van der Waals surface area contributed by atoms with Gasteiger partial charge in [-0.15, -0.1) is 0 Å². The molecule has 0 atom stereocenters. The molecule has 5 heterocycles. The van der Waals surface area contributed by atoms with Gasteiger partial charge in [0, 0.05) is 31.4 Å². The summed E-state index contributed by atoms with van der Waals surface area (Å²) < 4.78 is 34.6. The van der Waals surface area contributed by atoms with Gasteiger partial charge in [0.1, 0.15) is 10.7 Å². The van der Waals surface area contributed by atoms with Crippen molar-refractivity contribution in [3.05, 3.63) is 42.2 Å². The summed E-state index contributed by atoms with van der Waals surface area (Å²) in [6.07, 6.45) is 11.3. The molecule has 32 heavy (non-hydrogen) atoms. The van der Waals surface area contributed by atoms with Gasteiger partial charge < -0.3 is 5.32 Å². The molecule has 1 saturated heterocycles. The van der Waals surface area contributed by atoms with Crippen molar-refractivity contribution in [2.75, 3.05) is 18.4 Å². The Balaban J connectivity index is 1.45. The molecule has 4 aromatic rings. The van der Waals surface area contributed by atoms with Gasteiger partial charge in [-0.3, -0.25) is 14.4 Å². The van der Waals surface area contributed by atoms with Crippen LogP contribution in [0.5, 0.6) is 0 Å². The summed E-state index contributed by atoms with van der Waals surface area (Å²) in [5.41, 5.74) is 2.48. The number of H-pyrrole nitrogens is 1. The number of hydrogen-bond donors (Lipinski definition) is 2. The fraction of sp³-hybridized carbons (Fsp3) is 0.429. The van der Waals surface area contributed by atoms with Gasteiger partial charge in [-0.05, 0) is 43.5 Å². The highest BCUT2D eigenvalue weighted by Gasteiger charge is 2.29. The third kappa shape index (κ3) is 4.35. The molecule has 11 heteroatoms. The Labute approximate surface area is 187 Å². The fourth-order valence-electron chi connectivity index (χ4n) is 3.97. The minimum atomic E-state index is -3.10. The Morgan fingerprint density at radius 2 is 2.00 bits per heavy atom. The summed E-state index contributed by atoms with van der Waals surface area (Å²) in [6.45, 7) is 3.80. The van der Waals surface area contributed by atoms with Crippen LogP contribution in [0.2, 0.25) is 0 Å². The molecule has 1 aliphatic heterocycles. The second-order valence-corrected chi connectivity index (χ2v) is 8.99. The van der Waals surface area contributed by atoms with Crippen LogP contribution in [-0.4, -0.2) is 46.9 Å². The maximum atomic E-state index is 14.2. The Morgan fingerprint density at radius 3 is 2.72 bits per heavy atom. The maximum Gasteiger partial charge on any atom is 0.288 e. The van der Waals surface area contributed by atoms with E-state index in [2.05, 4.69) is 34.8 Å². The van der Waals surface area contributed by atoms with Crippen LogP contribution in [0.15, 0.2) is 30.9 Å². The number of aromatic amines is 1. The SMILES string of the molecule is CC(F)(F)c1cn2c(-c3cn[nH]c3)cnc2c(Nc2cc(CN3CCCCCC3)ns2)n1. The fourth-order valence-corrected chi connectivity index (χ4v) is 4.63. The summed E-state index contributed by atoms with van der Waals surface area (Å²) >= 11 is 1.30. The molecule has 0 spiro atoms. The molecular formula is C21H24F2N8S. The van der Waals surface area contributed by atoms with Crippen molar-refractivity contribution in [3.8, 4) is 11.3 Å². The van der Waals surface area contributed by atoms with Gasteiger partial charge in [0.2, 0.25) is 0 Å². The van der Waals surface area contributed by atoms with E-state index < -0.39 is 5.92 Å². The molecule has 1 aliphatic rings. The van der Waals surface area contributed by atoms with Gasteiger partial charge in [-0.2, -0.15) is 18.3 Å². The molecule has 5 rings (SSSR count). The summed E-state index contributed by atoms with van der Waals surface area (Å²) in [4.78, 5) is 11.1. The Morgan fingerprint density at radius 1 is 1.19 bits per heavy atom. The van der Waals surface area contributed by atoms with E-state index in [0.717, 1.165) is 42.8 Å². The van der Waals surface area contributed by atoms with Crippen LogP contribution in [0, 0.1) is 0 Å². The van der Waals surface area contributed by atoms with E-state index in [1.807, 2.05) is 6.07 Å². The van der Waals surface area contributed by atoms with Crippen molar-refractivity contribution < 1.29 is 8.78 Å². The van der Waals surface area contributed by atoms with E-state index in [-0.39, 0.29) is 11.5 Å². The molecular weight excluding hydrogens is 434 g/mol. The molecule has 0 amide bonds. The van der Waals surface area contributed by atoms with Crippen LogP contribution in [0.4, 0.5) is 19.6 Å². The summed E-state index contributed by atoms with van der Waals surface area (Å²) in [6, 6.07) is 1.96. The Bertz CT molecular complexity index is 1190. The van der Waals surface area contributed by atoms with Crippen molar-refractivity contribution in [3.63, 3.8) is 0 Å². The topological polar surface area (TPSA) is 87.0 Å². The van der Waals surface area contributed by atoms with Crippen molar-refractivity contribution in [1.82, 2.24) is 33.8 Å². The van der Waals surface area contributed by atoms with E-state index in [0.29, 0.717) is 11.3 Å². The third-order valence-corrected chi connectivity index (χ3v) is 6.36. The molecule has 4 aromatic heterocycles. The van der Waals surface area contributed by atoms with Crippen molar-refractivity contribution in [2.24, 2.45) is 0 Å². The molecule has 0 unspecified atom stereocenters. The largest absolute Gasteiger partial charge is 0.328 e. The number of alkyl halides is 2. The lowest BCUT2D eigenvalue weighted by molar-refractivity contribution is 0.0124. The molecule has 0 saturated carbocycles. The van der Waals surface area contributed by atoms with Crippen molar-refractivity contribution >= 4 is 28.0 Å². The quantitative estimate of drug-likeness (QED) is 0.431. The van der Waals surface area contributed by atoms with E-state index in [1.165, 1.54) is 43.4 Å². The minimum absolute atomic E-state index is 0.267. The summed E-state index contributed by atoms with van der Waals surface area (Å²) in [7, 11) is 0. The van der Waals surface area contributed by atoms with Crippen LogP contribution >= 0.6 is 11.5 Å². The second kappa shape index (κ2) is 8.55. The molecule has 1 fully saturated rings. The molecule has 0 radical (unpaired) electrons. The highest BCUT2D eigenvalue weighted by Crippen LogP contribution is 2.32. The number of aromatic nitrogens is 6. The number of likely N-dealkylation sites (tertiary alicyclic amines) is 1. The molecule has 0 aromatic carbocycles. The zero-order valence-electron chi connectivity index (χ0n) is 17.7. The molecule has 0 aliphatic carbocycles. The van der Waals surface area contributed by atoms with Crippen LogP contribution in [0.25, 0.3) is 16.9 Å². The van der Waals surface area contributed by atoms with E-state index in [9.17, 15) is 8.78 Å². The normalized spacial score (nSPS) is 15.8. The van der Waals surface area contributed by atoms with Gasteiger partial charge in [-0.1, -0.05) is 12.8 Å². The first-order valence-electron chi connectivity index (χ1n) is 10.7. The summed E-state index contributed by atoms with van der Waals surface area (Å²) in [5.74, 6) is -2.84. The van der Waals surface area contributed by atoms with Crippen molar-refractivity contribution in [1.29, 1.82) is 0 Å². The van der Waals surface area contributed by atoms with E-state index >= 15 is 0 Å². The number of hydrogen-bond acceptors (Lipinski definition) is 7. The van der Waals surface area contributed by atoms with Gasteiger partial charge >= 0.3 is 0 Å². The van der Waals surface area contributed by atoms with Crippen molar-refractivity contribution in [2.45, 2.75) is 45.1 Å². The second-order valence-electron chi connectivity index (χ2n) is 8.19. The highest BCUT2D eigenvalue weighted by atomic mass is 32.1. The first-order chi connectivity index (χ1) is 15.5. The van der Waals surface area contributed by atoms with Crippen LogP contribution in [0.1, 0.15) is 44.0 Å². The number of fused-ring (bicyclic) bond motifs is 1. The van der Waals surface area contributed by atoms with Crippen LogP contribution in [-0.2, 0) is 12.5 Å². The van der Waals surface area contributed by atoms with Gasteiger partial charge in [0.15, 0.2) is 11.5 Å². The van der Waals surface area contributed by atoms with Gasteiger partial charge in [0.05, 0.1) is 23.8 Å².